The molecule has 26 heavy (non-hydrogen) atoms. The molecule has 9 heteroatoms. The van der Waals surface area contributed by atoms with E-state index >= 15 is 0 Å². The molecule has 2 aromatic rings. The molecule has 1 amide bonds. The van der Waals surface area contributed by atoms with E-state index < -0.39 is 23.5 Å². The molecule has 2 aromatic carbocycles. The molecule has 0 aliphatic heterocycles. The zero-order valence-electron chi connectivity index (χ0n) is 13.9. The van der Waals surface area contributed by atoms with Gasteiger partial charge in [0.2, 0.25) is 0 Å². The zero-order valence-corrected chi connectivity index (χ0v) is 13.9. The van der Waals surface area contributed by atoms with Gasteiger partial charge in [-0.1, -0.05) is 12.1 Å². The van der Waals surface area contributed by atoms with Crippen LogP contribution in [0.2, 0.25) is 0 Å². The van der Waals surface area contributed by atoms with Gasteiger partial charge in [-0.3, -0.25) is 14.9 Å². The second-order valence-electron chi connectivity index (χ2n) is 5.33. The van der Waals surface area contributed by atoms with Crippen molar-refractivity contribution < 1.29 is 28.0 Å². The van der Waals surface area contributed by atoms with Crippen molar-refractivity contribution >= 4 is 17.3 Å². The second-order valence-corrected chi connectivity index (χ2v) is 5.33. The molecule has 0 spiro atoms. The van der Waals surface area contributed by atoms with Gasteiger partial charge in [-0.15, -0.1) is 0 Å². The van der Waals surface area contributed by atoms with Gasteiger partial charge in [0.1, 0.15) is 11.5 Å². The molecule has 0 aromatic heterocycles. The molecule has 0 fully saturated rings. The molecule has 1 N–H and O–H groups in total. The number of nitro benzene ring substituents is 1. The number of halogens is 2. The van der Waals surface area contributed by atoms with Crippen molar-refractivity contribution in [2.24, 2.45) is 0 Å². The van der Waals surface area contributed by atoms with Gasteiger partial charge in [0.05, 0.1) is 10.6 Å². The molecule has 0 saturated heterocycles. The number of alkyl halides is 2. The molecule has 0 aliphatic rings. The number of anilines is 1. The summed E-state index contributed by atoms with van der Waals surface area (Å²) < 4.78 is 34.6. The van der Waals surface area contributed by atoms with E-state index in [0.29, 0.717) is 5.56 Å². The number of benzene rings is 2. The Hall–Kier alpha value is -3.23. The van der Waals surface area contributed by atoms with Crippen LogP contribution in [-0.4, -0.2) is 23.5 Å². The molecule has 7 nitrogen and oxygen atoms in total. The lowest BCUT2D eigenvalue weighted by atomic mass is 10.2. The highest BCUT2D eigenvalue weighted by atomic mass is 19.3. The third kappa shape index (κ3) is 4.88. The highest BCUT2D eigenvalue weighted by Crippen LogP contribution is 2.27. The van der Waals surface area contributed by atoms with Gasteiger partial charge in [-0.2, -0.15) is 8.78 Å². The Morgan fingerprint density at radius 1 is 1.19 bits per heavy atom. The number of aryl methyl sites for hydroxylation is 1. The molecule has 2 rings (SSSR count). The summed E-state index contributed by atoms with van der Waals surface area (Å²) in [6.07, 6.45) is -0.976. The van der Waals surface area contributed by atoms with E-state index in [1.165, 1.54) is 43.3 Å². The molecule has 1 atom stereocenters. The number of rotatable bonds is 7. The molecular weight excluding hydrogens is 350 g/mol. The first-order chi connectivity index (χ1) is 12.3. The maximum atomic E-state index is 12.4. The molecule has 0 radical (unpaired) electrons. The average molecular weight is 366 g/mol. The maximum absolute atomic E-state index is 12.4. The van der Waals surface area contributed by atoms with Gasteiger partial charge in [0.25, 0.3) is 11.6 Å². The minimum absolute atomic E-state index is 0.0625. The van der Waals surface area contributed by atoms with E-state index in [4.69, 9.17) is 4.74 Å². The van der Waals surface area contributed by atoms with E-state index in [2.05, 4.69) is 10.1 Å². The molecule has 0 unspecified atom stereocenters. The monoisotopic (exact) mass is 366 g/mol. The highest BCUT2D eigenvalue weighted by Gasteiger charge is 2.19. The van der Waals surface area contributed by atoms with Crippen molar-refractivity contribution in [1.82, 2.24) is 0 Å². The first-order valence-electron chi connectivity index (χ1n) is 7.54. The number of ether oxygens (including phenoxy) is 2. The number of nitrogens with zero attached hydrogens (tertiary/aromatic N) is 1. The summed E-state index contributed by atoms with van der Waals surface area (Å²) in [7, 11) is 0. The lowest BCUT2D eigenvalue weighted by Gasteiger charge is -2.16. The Labute approximate surface area is 147 Å². The van der Waals surface area contributed by atoms with Crippen LogP contribution < -0.4 is 14.8 Å². The van der Waals surface area contributed by atoms with E-state index in [-0.39, 0.29) is 22.9 Å². The Kier molecular flexibility index (Phi) is 6.05. The summed E-state index contributed by atoms with van der Waals surface area (Å²) >= 11 is 0. The van der Waals surface area contributed by atoms with Crippen molar-refractivity contribution in [3.8, 4) is 11.5 Å². The molecule has 138 valence electrons. The third-order valence-corrected chi connectivity index (χ3v) is 3.41. The number of para-hydroxylation sites is 2. The maximum Gasteiger partial charge on any atom is 0.387 e. The first-order valence-corrected chi connectivity index (χ1v) is 7.54. The van der Waals surface area contributed by atoms with Crippen molar-refractivity contribution in [3.05, 3.63) is 58.1 Å². The highest BCUT2D eigenvalue weighted by molar-refractivity contribution is 5.95. The van der Waals surface area contributed by atoms with E-state index in [1.54, 1.807) is 13.0 Å². The van der Waals surface area contributed by atoms with Gasteiger partial charge in [-0.05, 0) is 38.1 Å². The predicted molar refractivity (Wildman–Crippen MR) is 89.6 cm³/mol. The largest absolute Gasteiger partial charge is 0.481 e. The van der Waals surface area contributed by atoms with Crippen LogP contribution in [0.1, 0.15) is 12.5 Å². The van der Waals surface area contributed by atoms with Crippen LogP contribution in [0, 0.1) is 17.0 Å². The summed E-state index contributed by atoms with van der Waals surface area (Å²) in [4.78, 5) is 22.5. The number of carbonyl (C=O) groups excluding carboxylic acids is 1. The van der Waals surface area contributed by atoms with Crippen LogP contribution >= 0.6 is 0 Å². The van der Waals surface area contributed by atoms with E-state index in [9.17, 15) is 23.7 Å². The Morgan fingerprint density at radius 2 is 1.88 bits per heavy atom. The van der Waals surface area contributed by atoms with Crippen molar-refractivity contribution in [3.63, 3.8) is 0 Å². The number of hydrogen-bond donors (Lipinski definition) is 1. The number of carbonyl (C=O) groups is 1. The fourth-order valence-corrected chi connectivity index (χ4v) is 2.17. The standard InChI is InChI=1S/C17H16F2N2O5/c1-10-9-12(7-8-14(10)21(23)24)25-11(2)16(22)20-13-5-3-4-6-15(13)26-17(18)19/h3-9,11,17H,1-2H3,(H,20,22)/t11-/m1/s1. The lowest BCUT2D eigenvalue weighted by Crippen LogP contribution is -2.30. The van der Waals surface area contributed by atoms with Gasteiger partial charge < -0.3 is 14.8 Å². The topological polar surface area (TPSA) is 90.7 Å². The second kappa shape index (κ2) is 8.24. The summed E-state index contributed by atoms with van der Waals surface area (Å²) in [5.74, 6) is -0.492. The number of hydrogen-bond acceptors (Lipinski definition) is 5. The van der Waals surface area contributed by atoms with Crippen LogP contribution in [0.5, 0.6) is 11.5 Å². The Morgan fingerprint density at radius 3 is 2.50 bits per heavy atom. The van der Waals surface area contributed by atoms with Gasteiger partial charge in [0, 0.05) is 11.6 Å². The molecule has 0 aliphatic carbocycles. The van der Waals surface area contributed by atoms with Gasteiger partial charge >= 0.3 is 6.61 Å². The van der Waals surface area contributed by atoms with Gasteiger partial charge in [0.15, 0.2) is 6.10 Å². The van der Waals surface area contributed by atoms with Crippen LogP contribution in [-0.2, 0) is 4.79 Å². The first kappa shape index (κ1) is 19.1. The summed E-state index contributed by atoms with van der Waals surface area (Å²) in [5, 5.41) is 13.3. The van der Waals surface area contributed by atoms with Crippen LogP contribution in [0.25, 0.3) is 0 Å². The average Bonchev–Trinajstić information content (AvgIpc) is 2.55. The Balaban J connectivity index is 2.07. The van der Waals surface area contributed by atoms with E-state index in [1.807, 2.05) is 0 Å². The van der Waals surface area contributed by atoms with Crippen molar-refractivity contribution in [2.45, 2.75) is 26.6 Å². The predicted octanol–water partition coefficient (Wildman–Crippen LogP) is 3.91. The molecular formula is C17H16F2N2O5. The summed E-state index contributed by atoms with van der Waals surface area (Å²) in [6.45, 7) is -0.0131. The minimum atomic E-state index is -3.02. The minimum Gasteiger partial charge on any atom is -0.481 e. The SMILES string of the molecule is Cc1cc(O[C@H](C)C(=O)Nc2ccccc2OC(F)F)ccc1[N+](=O)[O-]. The van der Waals surface area contributed by atoms with Crippen molar-refractivity contribution in [1.29, 1.82) is 0 Å². The Bertz CT molecular complexity index is 813. The normalized spacial score (nSPS) is 11.7. The zero-order chi connectivity index (χ0) is 19.3. The quantitative estimate of drug-likeness (QED) is 0.593. The van der Waals surface area contributed by atoms with Crippen LogP contribution in [0.4, 0.5) is 20.2 Å². The van der Waals surface area contributed by atoms with Gasteiger partial charge in [-0.25, -0.2) is 0 Å². The molecule has 0 saturated carbocycles. The summed E-state index contributed by atoms with van der Waals surface area (Å²) in [6, 6.07) is 9.86. The number of nitrogens with one attached hydrogen (secondary N) is 1. The van der Waals surface area contributed by atoms with Crippen LogP contribution in [0.15, 0.2) is 42.5 Å². The number of nitro groups is 1. The van der Waals surface area contributed by atoms with Crippen molar-refractivity contribution in [2.75, 3.05) is 5.32 Å². The molecule has 0 heterocycles. The third-order valence-electron chi connectivity index (χ3n) is 3.41. The fourth-order valence-electron chi connectivity index (χ4n) is 2.17. The smallest absolute Gasteiger partial charge is 0.387 e. The molecule has 0 bridgehead atoms. The number of amides is 1. The van der Waals surface area contributed by atoms with E-state index in [0.717, 1.165) is 0 Å². The fraction of sp³-hybridized carbons (Fsp3) is 0.235. The summed E-state index contributed by atoms with van der Waals surface area (Å²) in [5.41, 5.74) is 0.399. The van der Waals surface area contributed by atoms with Crippen LogP contribution in [0.3, 0.4) is 0 Å². The lowest BCUT2D eigenvalue weighted by molar-refractivity contribution is -0.385.